The monoisotopic (exact) mass is 351 g/mol. The molecule has 0 saturated heterocycles. The first-order valence-corrected chi connectivity index (χ1v) is 7.51. The third-order valence-corrected chi connectivity index (χ3v) is 3.69. The molecule has 0 bridgehead atoms. The molecular formula is C15H18ClN5O3. The second-order valence-corrected chi connectivity index (χ2v) is 5.67. The summed E-state index contributed by atoms with van der Waals surface area (Å²) in [4.78, 5) is 25.2. The molecule has 0 radical (unpaired) electrons. The van der Waals surface area contributed by atoms with Crippen LogP contribution in [-0.4, -0.2) is 45.2 Å². The third-order valence-electron chi connectivity index (χ3n) is 3.24. The van der Waals surface area contributed by atoms with E-state index in [1.165, 1.54) is 22.7 Å². The maximum absolute atomic E-state index is 12.1. The topological polar surface area (TPSA) is 93.3 Å². The zero-order valence-corrected chi connectivity index (χ0v) is 14.6. The molecule has 0 aliphatic rings. The molecule has 2 amide bonds. The van der Waals surface area contributed by atoms with Crippen molar-refractivity contribution in [1.29, 1.82) is 0 Å². The van der Waals surface area contributed by atoms with Crippen molar-refractivity contribution in [2.45, 2.75) is 13.8 Å². The molecule has 128 valence electrons. The molecule has 0 fully saturated rings. The van der Waals surface area contributed by atoms with Crippen LogP contribution >= 0.6 is 11.6 Å². The summed E-state index contributed by atoms with van der Waals surface area (Å²) < 4.78 is 6.38. The number of nitrogens with one attached hydrogen (secondary N) is 1. The number of hydrogen-bond donors (Lipinski definition) is 1. The standard InChI is InChI=1S/C15H18ClN5O3/c1-9-7-12(19-24-9)17-13(22)8-20(3)14(23)6-5-11-10(2)18-21(4)15(11)16/h5-7H,8H2,1-4H3,(H,17,19,22)/b6-5+. The minimum Gasteiger partial charge on any atom is -0.360 e. The largest absolute Gasteiger partial charge is 0.360 e. The van der Waals surface area contributed by atoms with Gasteiger partial charge in [0.25, 0.3) is 0 Å². The highest BCUT2D eigenvalue weighted by Gasteiger charge is 2.13. The zero-order valence-electron chi connectivity index (χ0n) is 13.8. The first-order valence-electron chi connectivity index (χ1n) is 7.13. The Balaban J connectivity index is 1.94. The predicted molar refractivity (Wildman–Crippen MR) is 89.5 cm³/mol. The van der Waals surface area contributed by atoms with E-state index in [0.717, 1.165) is 0 Å². The molecule has 0 aliphatic heterocycles. The number of anilines is 1. The molecular weight excluding hydrogens is 334 g/mol. The van der Waals surface area contributed by atoms with E-state index >= 15 is 0 Å². The highest BCUT2D eigenvalue weighted by molar-refractivity contribution is 6.31. The van der Waals surface area contributed by atoms with Crippen LogP contribution in [-0.2, 0) is 16.6 Å². The van der Waals surface area contributed by atoms with Crippen LogP contribution in [0.1, 0.15) is 17.0 Å². The number of nitrogens with zero attached hydrogens (tertiary/aromatic N) is 4. The van der Waals surface area contributed by atoms with Crippen LogP contribution in [0.2, 0.25) is 5.15 Å². The fourth-order valence-corrected chi connectivity index (χ4v) is 2.26. The lowest BCUT2D eigenvalue weighted by Gasteiger charge is -2.13. The number of carbonyl (C=O) groups excluding carboxylic acids is 2. The highest BCUT2D eigenvalue weighted by atomic mass is 35.5. The Morgan fingerprint density at radius 1 is 1.46 bits per heavy atom. The molecule has 0 saturated carbocycles. The average Bonchev–Trinajstić information content (AvgIpc) is 3.01. The van der Waals surface area contributed by atoms with E-state index in [9.17, 15) is 9.59 Å². The molecule has 0 aliphatic carbocycles. The van der Waals surface area contributed by atoms with E-state index < -0.39 is 0 Å². The minimum absolute atomic E-state index is 0.116. The summed E-state index contributed by atoms with van der Waals surface area (Å²) in [5.74, 6) is 0.192. The van der Waals surface area contributed by atoms with Gasteiger partial charge in [-0.3, -0.25) is 14.3 Å². The van der Waals surface area contributed by atoms with Crippen LogP contribution in [0.4, 0.5) is 5.82 Å². The number of halogens is 1. The summed E-state index contributed by atoms with van der Waals surface area (Å²) in [7, 11) is 3.24. The van der Waals surface area contributed by atoms with Crippen molar-refractivity contribution in [3.05, 3.63) is 34.3 Å². The van der Waals surface area contributed by atoms with E-state index in [-0.39, 0.29) is 18.4 Å². The van der Waals surface area contributed by atoms with Crippen LogP contribution in [0, 0.1) is 13.8 Å². The van der Waals surface area contributed by atoms with E-state index in [1.807, 2.05) is 0 Å². The molecule has 0 aromatic carbocycles. The maximum atomic E-state index is 12.1. The highest BCUT2D eigenvalue weighted by Crippen LogP contribution is 2.20. The van der Waals surface area contributed by atoms with E-state index in [1.54, 1.807) is 33.0 Å². The number of hydrogen-bond acceptors (Lipinski definition) is 5. The number of rotatable bonds is 5. The normalized spacial score (nSPS) is 11.0. The van der Waals surface area contributed by atoms with Gasteiger partial charge in [-0.1, -0.05) is 16.8 Å². The van der Waals surface area contributed by atoms with Gasteiger partial charge in [0, 0.05) is 31.8 Å². The van der Waals surface area contributed by atoms with Gasteiger partial charge >= 0.3 is 0 Å². The fraction of sp³-hybridized carbons (Fsp3) is 0.333. The smallest absolute Gasteiger partial charge is 0.246 e. The average molecular weight is 352 g/mol. The van der Waals surface area contributed by atoms with Gasteiger partial charge in [-0.25, -0.2) is 0 Å². The van der Waals surface area contributed by atoms with Gasteiger partial charge in [0.2, 0.25) is 11.8 Å². The van der Waals surface area contributed by atoms with Crippen molar-refractivity contribution in [2.75, 3.05) is 18.9 Å². The Kier molecular flexibility index (Phi) is 5.40. The number of amides is 2. The van der Waals surface area contributed by atoms with Crippen molar-refractivity contribution < 1.29 is 14.1 Å². The lowest BCUT2D eigenvalue weighted by Crippen LogP contribution is -2.33. The Morgan fingerprint density at radius 2 is 2.17 bits per heavy atom. The maximum Gasteiger partial charge on any atom is 0.246 e. The van der Waals surface area contributed by atoms with Gasteiger partial charge in [0.15, 0.2) is 5.82 Å². The lowest BCUT2D eigenvalue weighted by atomic mass is 10.2. The second-order valence-electron chi connectivity index (χ2n) is 5.31. The Hall–Kier alpha value is -2.61. The first kappa shape index (κ1) is 17.7. The van der Waals surface area contributed by atoms with Crippen LogP contribution in [0.5, 0.6) is 0 Å². The van der Waals surface area contributed by atoms with Gasteiger partial charge < -0.3 is 14.7 Å². The van der Waals surface area contributed by atoms with Crippen LogP contribution < -0.4 is 5.32 Å². The molecule has 2 aromatic heterocycles. The second kappa shape index (κ2) is 7.31. The number of carbonyl (C=O) groups is 2. The molecule has 24 heavy (non-hydrogen) atoms. The summed E-state index contributed by atoms with van der Waals surface area (Å²) in [6.45, 7) is 3.40. The van der Waals surface area contributed by atoms with Gasteiger partial charge in [0.1, 0.15) is 10.9 Å². The number of aryl methyl sites for hydroxylation is 3. The molecule has 2 rings (SSSR count). The Labute approximate surface area is 144 Å². The van der Waals surface area contributed by atoms with Crippen molar-refractivity contribution in [2.24, 2.45) is 7.05 Å². The van der Waals surface area contributed by atoms with Gasteiger partial charge in [-0.2, -0.15) is 5.10 Å². The SMILES string of the molecule is Cc1cc(NC(=O)CN(C)C(=O)/C=C/c2c(C)nn(C)c2Cl)no1. The molecule has 8 nitrogen and oxygen atoms in total. The van der Waals surface area contributed by atoms with Crippen molar-refractivity contribution in [3.63, 3.8) is 0 Å². The summed E-state index contributed by atoms with van der Waals surface area (Å²) >= 11 is 6.10. The van der Waals surface area contributed by atoms with Crippen molar-refractivity contribution in [3.8, 4) is 0 Å². The third kappa shape index (κ3) is 4.23. The summed E-state index contributed by atoms with van der Waals surface area (Å²) in [6, 6.07) is 1.59. The molecule has 0 atom stereocenters. The quantitative estimate of drug-likeness (QED) is 0.829. The van der Waals surface area contributed by atoms with Crippen LogP contribution in [0.15, 0.2) is 16.7 Å². The van der Waals surface area contributed by atoms with E-state index in [0.29, 0.717) is 28.0 Å². The molecule has 9 heteroatoms. The van der Waals surface area contributed by atoms with Crippen molar-refractivity contribution in [1.82, 2.24) is 19.8 Å². The predicted octanol–water partition coefficient (Wildman–Crippen LogP) is 1.79. The van der Waals surface area contributed by atoms with Gasteiger partial charge in [0.05, 0.1) is 12.2 Å². The molecule has 0 unspecified atom stereocenters. The summed E-state index contributed by atoms with van der Waals surface area (Å²) in [5, 5.41) is 10.8. The lowest BCUT2D eigenvalue weighted by molar-refractivity contribution is -0.129. The van der Waals surface area contributed by atoms with E-state index in [4.69, 9.17) is 16.1 Å². The van der Waals surface area contributed by atoms with Crippen LogP contribution in [0.3, 0.4) is 0 Å². The minimum atomic E-state index is -0.372. The summed E-state index contributed by atoms with van der Waals surface area (Å²) in [5.41, 5.74) is 1.39. The zero-order chi connectivity index (χ0) is 17.9. The van der Waals surface area contributed by atoms with Crippen LogP contribution in [0.25, 0.3) is 6.08 Å². The van der Waals surface area contributed by atoms with Gasteiger partial charge in [-0.15, -0.1) is 0 Å². The summed E-state index contributed by atoms with van der Waals surface area (Å²) in [6.07, 6.45) is 2.94. The Morgan fingerprint density at radius 3 is 2.71 bits per heavy atom. The number of likely N-dealkylation sites (N-methyl/N-ethyl adjacent to an activating group) is 1. The Bertz CT molecular complexity index is 793. The first-order chi connectivity index (χ1) is 11.3. The number of aromatic nitrogens is 3. The fourth-order valence-electron chi connectivity index (χ4n) is 2.02. The molecule has 2 heterocycles. The molecule has 0 spiro atoms. The molecule has 1 N–H and O–H groups in total. The van der Waals surface area contributed by atoms with Crippen molar-refractivity contribution >= 4 is 35.3 Å². The molecule has 2 aromatic rings. The van der Waals surface area contributed by atoms with E-state index in [2.05, 4.69) is 15.6 Å². The van der Waals surface area contributed by atoms with Gasteiger partial charge in [-0.05, 0) is 19.9 Å².